The number of rotatable bonds is 9. The number of amides is 2. The van der Waals surface area contributed by atoms with Gasteiger partial charge in [0.2, 0.25) is 11.8 Å². The summed E-state index contributed by atoms with van der Waals surface area (Å²) in [6.45, 7) is 5.40. The first kappa shape index (κ1) is 20.0. The van der Waals surface area contributed by atoms with Gasteiger partial charge in [-0.1, -0.05) is 25.4 Å². The first-order chi connectivity index (χ1) is 11.4. The van der Waals surface area contributed by atoms with Crippen LogP contribution in [0.3, 0.4) is 0 Å². The summed E-state index contributed by atoms with van der Waals surface area (Å²) in [5.74, 6) is -1.47. The van der Waals surface area contributed by atoms with Crippen molar-refractivity contribution in [2.75, 3.05) is 18.4 Å². The lowest BCUT2D eigenvalue weighted by Crippen LogP contribution is -2.33. The Kier molecular flexibility index (Phi) is 8.26. The summed E-state index contributed by atoms with van der Waals surface area (Å²) in [6.07, 6.45) is 1.98. The van der Waals surface area contributed by atoms with Crippen LogP contribution in [0.1, 0.15) is 49.9 Å². The van der Waals surface area contributed by atoms with Gasteiger partial charge in [-0.2, -0.15) is 0 Å². The molecule has 1 rings (SSSR count). The van der Waals surface area contributed by atoms with Gasteiger partial charge < -0.3 is 15.3 Å². The largest absolute Gasteiger partial charge is 0.478 e. The first-order valence-electron chi connectivity index (χ1n) is 7.99. The van der Waals surface area contributed by atoms with Crippen LogP contribution in [0.4, 0.5) is 5.69 Å². The predicted octanol–water partition coefficient (Wildman–Crippen LogP) is 3.41. The average Bonchev–Trinajstić information content (AvgIpc) is 2.52. The minimum absolute atomic E-state index is 0.0281. The third-order valence-corrected chi connectivity index (χ3v) is 3.70. The van der Waals surface area contributed by atoms with Gasteiger partial charge in [0.25, 0.3) is 0 Å². The molecular formula is C17H23ClN2O4. The van der Waals surface area contributed by atoms with Crippen molar-refractivity contribution in [2.24, 2.45) is 0 Å². The molecule has 6 nitrogen and oxygen atoms in total. The molecule has 0 spiro atoms. The highest BCUT2D eigenvalue weighted by Gasteiger charge is 2.14. The maximum absolute atomic E-state index is 12.1. The number of hydrogen-bond acceptors (Lipinski definition) is 3. The van der Waals surface area contributed by atoms with Gasteiger partial charge in [-0.3, -0.25) is 9.59 Å². The van der Waals surface area contributed by atoms with Crippen LogP contribution in [-0.2, 0) is 9.59 Å². The fourth-order valence-electron chi connectivity index (χ4n) is 2.27. The van der Waals surface area contributed by atoms with Gasteiger partial charge in [0.1, 0.15) is 0 Å². The lowest BCUT2D eigenvalue weighted by Gasteiger charge is -2.21. The van der Waals surface area contributed by atoms with E-state index in [1.807, 2.05) is 13.8 Å². The number of carbonyl (C=O) groups excluding carboxylic acids is 2. The number of anilines is 1. The maximum atomic E-state index is 12.1. The second kappa shape index (κ2) is 9.93. The zero-order valence-corrected chi connectivity index (χ0v) is 14.7. The van der Waals surface area contributed by atoms with Crippen LogP contribution in [0, 0.1) is 0 Å². The molecule has 0 radical (unpaired) electrons. The van der Waals surface area contributed by atoms with Crippen LogP contribution in [0.5, 0.6) is 0 Å². The van der Waals surface area contributed by atoms with E-state index in [9.17, 15) is 14.4 Å². The van der Waals surface area contributed by atoms with E-state index < -0.39 is 5.97 Å². The summed E-state index contributed by atoms with van der Waals surface area (Å²) in [5.41, 5.74) is 0.376. The number of benzene rings is 1. The monoisotopic (exact) mass is 354 g/mol. The first-order valence-corrected chi connectivity index (χ1v) is 8.37. The van der Waals surface area contributed by atoms with Gasteiger partial charge >= 0.3 is 5.97 Å². The summed E-state index contributed by atoms with van der Waals surface area (Å²) < 4.78 is 0. The maximum Gasteiger partial charge on any atom is 0.337 e. The number of halogens is 1. The number of carboxylic acid groups (broad SMARTS) is 1. The molecule has 0 heterocycles. The molecule has 132 valence electrons. The standard InChI is InChI=1S/C17H23ClN2O4/c1-3-9-20(10-4-2)16(22)8-7-15(21)19-12-5-6-13(17(23)24)14(18)11-12/h5-6,11H,3-4,7-10H2,1-2H3,(H,19,21)(H,23,24). The molecule has 0 aliphatic carbocycles. The van der Waals surface area contributed by atoms with Crippen molar-refractivity contribution in [3.63, 3.8) is 0 Å². The normalized spacial score (nSPS) is 10.3. The molecule has 0 aliphatic rings. The van der Waals surface area contributed by atoms with Crippen LogP contribution in [-0.4, -0.2) is 40.9 Å². The van der Waals surface area contributed by atoms with E-state index in [1.54, 1.807) is 4.90 Å². The number of aromatic carboxylic acids is 1. The van der Waals surface area contributed by atoms with Crippen LogP contribution in [0.25, 0.3) is 0 Å². The zero-order valence-electron chi connectivity index (χ0n) is 14.0. The van der Waals surface area contributed by atoms with E-state index in [2.05, 4.69) is 5.32 Å². The highest BCUT2D eigenvalue weighted by atomic mass is 35.5. The molecule has 24 heavy (non-hydrogen) atoms. The molecule has 0 bridgehead atoms. The van der Waals surface area contributed by atoms with E-state index in [4.69, 9.17) is 16.7 Å². The molecule has 0 saturated carbocycles. The van der Waals surface area contributed by atoms with Gasteiger partial charge in [-0.15, -0.1) is 0 Å². The number of hydrogen-bond donors (Lipinski definition) is 2. The molecule has 1 aromatic rings. The highest BCUT2D eigenvalue weighted by Crippen LogP contribution is 2.21. The molecule has 1 aromatic carbocycles. The minimum Gasteiger partial charge on any atom is -0.478 e. The van der Waals surface area contributed by atoms with E-state index in [1.165, 1.54) is 18.2 Å². The van der Waals surface area contributed by atoms with Gasteiger partial charge in [0.05, 0.1) is 10.6 Å². The van der Waals surface area contributed by atoms with Crippen LogP contribution in [0.2, 0.25) is 5.02 Å². The Bertz CT molecular complexity index is 598. The summed E-state index contributed by atoms with van der Waals surface area (Å²) in [5, 5.41) is 11.6. The summed E-state index contributed by atoms with van der Waals surface area (Å²) in [4.78, 5) is 36.7. The van der Waals surface area contributed by atoms with Crippen molar-refractivity contribution in [1.29, 1.82) is 0 Å². The topological polar surface area (TPSA) is 86.7 Å². The summed E-state index contributed by atoms with van der Waals surface area (Å²) >= 11 is 5.85. The Labute approximate surface area is 146 Å². The quantitative estimate of drug-likeness (QED) is 0.711. The summed E-state index contributed by atoms with van der Waals surface area (Å²) in [7, 11) is 0. The third kappa shape index (κ3) is 6.20. The fraction of sp³-hybridized carbons (Fsp3) is 0.471. The minimum atomic E-state index is -1.13. The van der Waals surface area contributed by atoms with Crippen LogP contribution in [0.15, 0.2) is 18.2 Å². The second-order valence-electron chi connectivity index (χ2n) is 5.43. The second-order valence-corrected chi connectivity index (χ2v) is 5.84. The lowest BCUT2D eigenvalue weighted by molar-refractivity contribution is -0.132. The third-order valence-electron chi connectivity index (χ3n) is 3.39. The molecular weight excluding hydrogens is 332 g/mol. The molecule has 2 amide bonds. The van der Waals surface area contributed by atoms with Crippen molar-refractivity contribution < 1.29 is 19.5 Å². The van der Waals surface area contributed by atoms with Crippen molar-refractivity contribution in [2.45, 2.75) is 39.5 Å². The molecule has 0 aliphatic heterocycles. The molecule has 0 atom stereocenters. The Balaban J connectivity index is 2.55. The number of nitrogens with zero attached hydrogens (tertiary/aromatic N) is 1. The van der Waals surface area contributed by atoms with E-state index in [0.29, 0.717) is 18.8 Å². The number of nitrogens with one attached hydrogen (secondary N) is 1. The van der Waals surface area contributed by atoms with Crippen molar-refractivity contribution in [1.82, 2.24) is 4.90 Å². The Hall–Kier alpha value is -2.08. The molecule has 0 aromatic heterocycles. The van der Waals surface area contributed by atoms with Gasteiger partial charge in [-0.05, 0) is 31.0 Å². The lowest BCUT2D eigenvalue weighted by atomic mass is 10.2. The Morgan fingerprint density at radius 3 is 2.25 bits per heavy atom. The van der Waals surface area contributed by atoms with Crippen molar-refractivity contribution in [3.05, 3.63) is 28.8 Å². The van der Waals surface area contributed by atoms with Gasteiger partial charge in [0, 0.05) is 31.6 Å². The zero-order chi connectivity index (χ0) is 18.1. The van der Waals surface area contributed by atoms with Crippen LogP contribution < -0.4 is 5.32 Å². The predicted molar refractivity (Wildman–Crippen MR) is 93.4 cm³/mol. The van der Waals surface area contributed by atoms with E-state index >= 15 is 0 Å². The Morgan fingerprint density at radius 1 is 1.12 bits per heavy atom. The molecule has 2 N–H and O–H groups in total. The summed E-state index contributed by atoms with van der Waals surface area (Å²) in [6, 6.07) is 4.18. The Morgan fingerprint density at radius 2 is 1.75 bits per heavy atom. The average molecular weight is 355 g/mol. The van der Waals surface area contributed by atoms with E-state index in [0.717, 1.165) is 12.8 Å². The fourth-order valence-corrected chi connectivity index (χ4v) is 2.53. The van der Waals surface area contributed by atoms with Crippen LogP contribution >= 0.6 is 11.6 Å². The van der Waals surface area contributed by atoms with Crippen molar-refractivity contribution in [3.8, 4) is 0 Å². The van der Waals surface area contributed by atoms with Crippen molar-refractivity contribution >= 4 is 35.1 Å². The smallest absolute Gasteiger partial charge is 0.337 e. The SMILES string of the molecule is CCCN(CCC)C(=O)CCC(=O)Nc1ccc(C(=O)O)c(Cl)c1. The molecule has 7 heteroatoms. The number of carbonyl (C=O) groups is 3. The molecule has 0 saturated heterocycles. The highest BCUT2D eigenvalue weighted by molar-refractivity contribution is 6.33. The van der Waals surface area contributed by atoms with Gasteiger partial charge in [-0.25, -0.2) is 4.79 Å². The van der Waals surface area contributed by atoms with Gasteiger partial charge in [0.15, 0.2) is 0 Å². The van der Waals surface area contributed by atoms with E-state index in [-0.39, 0.29) is 35.2 Å². The molecule has 0 fully saturated rings. The number of carboxylic acids is 1. The molecule has 0 unspecified atom stereocenters.